The molecule has 0 saturated carbocycles. The Kier molecular flexibility index (Phi) is 4.68. The molecule has 2 rings (SSSR count). The summed E-state index contributed by atoms with van der Waals surface area (Å²) in [6.07, 6.45) is 3.54. The van der Waals surface area contributed by atoms with E-state index in [1.165, 1.54) is 12.8 Å². The smallest absolute Gasteiger partial charge is 0.121 e. The molecule has 1 unspecified atom stereocenters. The Hall–Kier alpha value is -1.22. The summed E-state index contributed by atoms with van der Waals surface area (Å²) in [6, 6.07) is 8.80. The fourth-order valence-corrected chi connectivity index (χ4v) is 2.11. The van der Waals surface area contributed by atoms with Crippen LogP contribution in [-0.4, -0.2) is 25.7 Å². The molecule has 1 aromatic rings. The van der Waals surface area contributed by atoms with Gasteiger partial charge in [0.1, 0.15) is 5.75 Å². The summed E-state index contributed by atoms with van der Waals surface area (Å²) in [6.45, 7) is 5.11. The number of benzene rings is 1. The van der Waals surface area contributed by atoms with Crippen molar-refractivity contribution in [3.8, 4) is 5.75 Å². The minimum atomic E-state index is 0.546. The van der Waals surface area contributed by atoms with Crippen molar-refractivity contribution in [1.82, 2.24) is 5.32 Å². The second-order valence-corrected chi connectivity index (χ2v) is 4.56. The molecule has 0 aromatic heterocycles. The molecule has 3 nitrogen and oxygen atoms in total. The molecule has 1 heterocycles. The number of ether oxygens (including phenoxy) is 1. The molecule has 1 aliphatic rings. The molecular weight excluding hydrogens is 212 g/mol. The topological polar surface area (TPSA) is 33.3 Å². The number of hydrogen-bond acceptors (Lipinski definition) is 3. The lowest BCUT2D eigenvalue weighted by molar-refractivity contribution is 0.317. The standard InChI is InChI=1S/C14H22N2O/c1-2-9-17-14-7-3-5-12(10-14)16-13-6-4-8-15-11-13/h3,5,7,10,13,15-16H,2,4,6,8-9,11H2,1H3. The summed E-state index contributed by atoms with van der Waals surface area (Å²) in [7, 11) is 0. The van der Waals surface area contributed by atoms with E-state index in [-0.39, 0.29) is 0 Å². The Balaban J connectivity index is 1.90. The van der Waals surface area contributed by atoms with Crippen LogP contribution in [-0.2, 0) is 0 Å². The van der Waals surface area contributed by atoms with Crippen molar-refractivity contribution in [3.63, 3.8) is 0 Å². The number of rotatable bonds is 5. The van der Waals surface area contributed by atoms with E-state index in [0.717, 1.165) is 37.6 Å². The van der Waals surface area contributed by atoms with Gasteiger partial charge in [0.15, 0.2) is 0 Å². The summed E-state index contributed by atoms with van der Waals surface area (Å²) in [5, 5.41) is 6.97. The van der Waals surface area contributed by atoms with Gasteiger partial charge in [0.25, 0.3) is 0 Å². The summed E-state index contributed by atoms with van der Waals surface area (Å²) in [5.41, 5.74) is 1.16. The second kappa shape index (κ2) is 6.50. The van der Waals surface area contributed by atoms with E-state index in [9.17, 15) is 0 Å². The Morgan fingerprint density at radius 3 is 3.18 bits per heavy atom. The molecule has 1 atom stereocenters. The molecule has 3 heteroatoms. The van der Waals surface area contributed by atoms with E-state index < -0.39 is 0 Å². The predicted octanol–water partition coefficient (Wildman–Crippen LogP) is 2.64. The maximum atomic E-state index is 5.63. The number of nitrogens with one attached hydrogen (secondary N) is 2. The van der Waals surface area contributed by atoms with Crippen LogP contribution in [0.3, 0.4) is 0 Å². The first-order valence-corrected chi connectivity index (χ1v) is 6.58. The minimum Gasteiger partial charge on any atom is -0.494 e. The summed E-state index contributed by atoms with van der Waals surface area (Å²) in [4.78, 5) is 0. The zero-order chi connectivity index (χ0) is 11.9. The molecule has 1 fully saturated rings. The number of hydrogen-bond donors (Lipinski definition) is 2. The van der Waals surface area contributed by atoms with E-state index in [1.54, 1.807) is 0 Å². The van der Waals surface area contributed by atoms with Crippen molar-refractivity contribution < 1.29 is 4.74 Å². The molecule has 94 valence electrons. The lowest BCUT2D eigenvalue weighted by Crippen LogP contribution is -2.38. The zero-order valence-corrected chi connectivity index (χ0v) is 10.5. The molecule has 1 aliphatic heterocycles. The van der Waals surface area contributed by atoms with Gasteiger partial charge in [-0.2, -0.15) is 0 Å². The monoisotopic (exact) mass is 234 g/mol. The Labute approximate surface area is 104 Å². The van der Waals surface area contributed by atoms with Crippen molar-refractivity contribution in [2.75, 3.05) is 25.0 Å². The normalized spacial score (nSPS) is 19.9. The fourth-order valence-electron chi connectivity index (χ4n) is 2.11. The molecule has 0 bridgehead atoms. The summed E-state index contributed by atoms with van der Waals surface area (Å²) in [5.74, 6) is 0.959. The van der Waals surface area contributed by atoms with Crippen LogP contribution in [0.2, 0.25) is 0 Å². The summed E-state index contributed by atoms with van der Waals surface area (Å²) >= 11 is 0. The van der Waals surface area contributed by atoms with E-state index >= 15 is 0 Å². The molecule has 0 radical (unpaired) electrons. The van der Waals surface area contributed by atoms with Crippen LogP contribution in [0.1, 0.15) is 26.2 Å². The van der Waals surface area contributed by atoms with Crippen LogP contribution < -0.4 is 15.4 Å². The molecular formula is C14H22N2O. The van der Waals surface area contributed by atoms with Gasteiger partial charge in [-0.25, -0.2) is 0 Å². The lowest BCUT2D eigenvalue weighted by atomic mass is 10.1. The lowest BCUT2D eigenvalue weighted by Gasteiger charge is -2.25. The third-order valence-corrected chi connectivity index (χ3v) is 2.97. The van der Waals surface area contributed by atoms with Gasteiger partial charge in [0.05, 0.1) is 6.61 Å². The maximum absolute atomic E-state index is 5.63. The molecule has 1 aromatic carbocycles. The SMILES string of the molecule is CCCOc1cccc(NC2CCCNC2)c1. The highest BCUT2D eigenvalue weighted by atomic mass is 16.5. The summed E-state index contributed by atoms with van der Waals surface area (Å²) < 4.78 is 5.63. The number of piperidine rings is 1. The van der Waals surface area contributed by atoms with Crippen LogP contribution in [0.25, 0.3) is 0 Å². The van der Waals surface area contributed by atoms with Crippen molar-refractivity contribution in [3.05, 3.63) is 24.3 Å². The van der Waals surface area contributed by atoms with Crippen LogP contribution in [0, 0.1) is 0 Å². The zero-order valence-electron chi connectivity index (χ0n) is 10.5. The van der Waals surface area contributed by atoms with E-state index in [2.05, 4.69) is 29.7 Å². The van der Waals surface area contributed by atoms with Crippen LogP contribution in [0.4, 0.5) is 5.69 Å². The first-order chi connectivity index (χ1) is 8.38. The van der Waals surface area contributed by atoms with Gasteiger partial charge in [-0.05, 0) is 37.9 Å². The fraction of sp³-hybridized carbons (Fsp3) is 0.571. The predicted molar refractivity (Wildman–Crippen MR) is 71.7 cm³/mol. The molecule has 0 aliphatic carbocycles. The van der Waals surface area contributed by atoms with Gasteiger partial charge in [-0.3, -0.25) is 0 Å². The van der Waals surface area contributed by atoms with Gasteiger partial charge in [-0.1, -0.05) is 13.0 Å². The van der Waals surface area contributed by atoms with Crippen molar-refractivity contribution in [2.24, 2.45) is 0 Å². The van der Waals surface area contributed by atoms with E-state index in [1.807, 2.05) is 12.1 Å². The second-order valence-electron chi connectivity index (χ2n) is 4.56. The van der Waals surface area contributed by atoms with Crippen molar-refractivity contribution in [1.29, 1.82) is 0 Å². The van der Waals surface area contributed by atoms with Crippen LogP contribution in [0.5, 0.6) is 5.75 Å². The third kappa shape index (κ3) is 3.93. The molecule has 0 amide bonds. The maximum Gasteiger partial charge on any atom is 0.121 e. The molecule has 17 heavy (non-hydrogen) atoms. The highest BCUT2D eigenvalue weighted by molar-refractivity contribution is 5.49. The average Bonchev–Trinajstić information content (AvgIpc) is 2.38. The van der Waals surface area contributed by atoms with E-state index in [0.29, 0.717) is 6.04 Å². The first-order valence-electron chi connectivity index (χ1n) is 6.58. The third-order valence-electron chi connectivity index (χ3n) is 2.97. The van der Waals surface area contributed by atoms with Gasteiger partial charge < -0.3 is 15.4 Å². The largest absolute Gasteiger partial charge is 0.494 e. The highest BCUT2D eigenvalue weighted by Crippen LogP contribution is 2.19. The molecule has 1 saturated heterocycles. The van der Waals surface area contributed by atoms with Crippen molar-refractivity contribution >= 4 is 5.69 Å². The average molecular weight is 234 g/mol. The highest BCUT2D eigenvalue weighted by Gasteiger charge is 2.12. The van der Waals surface area contributed by atoms with Crippen molar-refractivity contribution in [2.45, 2.75) is 32.2 Å². The Bertz CT molecular complexity index is 335. The Morgan fingerprint density at radius 2 is 2.41 bits per heavy atom. The van der Waals surface area contributed by atoms with Gasteiger partial charge in [0.2, 0.25) is 0 Å². The van der Waals surface area contributed by atoms with E-state index in [4.69, 9.17) is 4.74 Å². The van der Waals surface area contributed by atoms with Gasteiger partial charge in [-0.15, -0.1) is 0 Å². The van der Waals surface area contributed by atoms with Gasteiger partial charge in [0, 0.05) is 24.3 Å². The van der Waals surface area contributed by atoms with Gasteiger partial charge >= 0.3 is 0 Å². The molecule has 2 N–H and O–H groups in total. The first kappa shape index (κ1) is 12.2. The van der Waals surface area contributed by atoms with Crippen LogP contribution >= 0.6 is 0 Å². The molecule has 0 spiro atoms. The van der Waals surface area contributed by atoms with Crippen LogP contribution in [0.15, 0.2) is 24.3 Å². The number of anilines is 1. The quantitative estimate of drug-likeness (QED) is 0.821. The Morgan fingerprint density at radius 1 is 1.47 bits per heavy atom. The minimum absolute atomic E-state index is 0.546.